The highest BCUT2D eigenvalue weighted by Gasteiger charge is 2.04. The summed E-state index contributed by atoms with van der Waals surface area (Å²) in [5.41, 5.74) is 1.31. The van der Waals surface area contributed by atoms with Crippen LogP contribution < -0.4 is 5.32 Å². The Bertz CT molecular complexity index is 573. The molecule has 0 aliphatic heterocycles. The normalized spacial score (nSPS) is 10.4. The number of halogens is 4. The molecule has 0 aliphatic rings. The second kappa shape index (κ2) is 5.55. The maximum atomic E-state index is 13.0. The molecule has 1 nitrogen and oxygen atoms in total. The second-order valence-corrected chi connectivity index (χ2v) is 4.57. The molecule has 0 saturated carbocycles. The summed E-state index contributed by atoms with van der Waals surface area (Å²) in [6.07, 6.45) is 0. The van der Waals surface area contributed by atoms with Crippen molar-refractivity contribution in [1.82, 2.24) is 0 Å². The third-order valence-electron chi connectivity index (χ3n) is 2.40. The lowest BCUT2D eigenvalue weighted by Gasteiger charge is -2.09. The lowest BCUT2D eigenvalue weighted by Crippen LogP contribution is -2.01. The Hall–Kier alpha value is -1.32. The first kappa shape index (κ1) is 13.1. The third kappa shape index (κ3) is 3.12. The molecule has 0 atom stereocenters. The molecule has 0 fully saturated rings. The molecular weight excluding hydrogens is 279 g/mol. The summed E-state index contributed by atoms with van der Waals surface area (Å²) >= 11 is 11.7. The molecule has 0 radical (unpaired) electrons. The molecule has 0 bridgehead atoms. The highest BCUT2D eigenvalue weighted by atomic mass is 35.5. The van der Waals surface area contributed by atoms with E-state index in [4.69, 9.17) is 23.2 Å². The van der Waals surface area contributed by atoms with Gasteiger partial charge in [-0.2, -0.15) is 0 Å². The zero-order valence-electron chi connectivity index (χ0n) is 9.18. The SMILES string of the molecule is Fc1ccc(CNc2ccc(Cl)cc2Cl)cc1F. The fourth-order valence-electron chi connectivity index (χ4n) is 1.48. The van der Waals surface area contributed by atoms with Gasteiger partial charge in [0.25, 0.3) is 0 Å². The first-order valence-electron chi connectivity index (χ1n) is 5.19. The van der Waals surface area contributed by atoms with E-state index in [1.807, 2.05) is 0 Å². The van der Waals surface area contributed by atoms with E-state index in [1.54, 1.807) is 18.2 Å². The van der Waals surface area contributed by atoms with Crippen molar-refractivity contribution in [3.8, 4) is 0 Å². The Morgan fingerprint density at radius 3 is 2.39 bits per heavy atom. The van der Waals surface area contributed by atoms with Crippen LogP contribution in [-0.2, 0) is 6.54 Å². The summed E-state index contributed by atoms with van der Waals surface area (Å²) in [4.78, 5) is 0. The van der Waals surface area contributed by atoms with E-state index in [1.165, 1.54) is 6.07 Å². The van der Waals surface area contributed by atoms with E-state index in [9.17, 15) is 8.78 Å². The lowest BCUT2D eigenvalue weighted by atomic mass is 10.2. The van der Waals surface area contributed by atoms with Crippen LogP contribution in [0.2, 0.25) is 10.0 Å². The van der Waals surface area contributed by atoms with Gasteiger partial charge >= 0.3 is 0 Å². The Kier molecular flexibility index (Phi) is 4.04. The van der Waals surface area contributed by atoms with E-state index in [-0.39, 0.29) is 0 Å². The molecule has 5 heteroatoms. The van der Waals surface area contributed by atoms with Crippen LogP contribution in [0.4, 0.5) is 14.5 Å². The van der Waals surface area contributed by atoms with Gasteiger partial charge in [-0.15, -0.1) is 0 Å². The Morgan fingerprint density at radius 2 is 1.72 bits per heavy atom. The van der Waals surface area contributed by atoms with Crippen LogP contribution in [0.3, 0.4) is 0 Å². The van der Waals surface area contributed by atoms with E-state index >= 15 is 0 Å². The van der Waals surface area contributed by atoms with Gasteiger partial charge in [0.2, 0.25) is 0 Å². The predicted molar refractivity (Wildman–Crippen MR) is 70.1 cm³/mol. The van der Waals surface area contributed by atoms with Crippen LogP contribution in [0, 0.1) is 11.6 Å². The average Bonchev–Trinajstić information content (AvgIpc) is 2.32. The first-order chi connectivity index (χ1) is 8.56. The summed E-state index contributed by atoms with van der Waals surface area (Å²) in [7, 11) is 0. The number of rotatable bonds is 3. The van der Waals surface area contributed by atoms with Crippen molar-refractivity contribution in [2.45, 2.75) is 6.54 Å². The smallest absolute Gasteiger partial charge is 0.159 e. The van der Waals surface area contributed by atoms with Crippen LogP contribution >= 0.6 is 23.2 Å². The summed E-state index contributed by atoms with van der Waals surface area (Å²) in [6, 6.07) is 8.78. The summed E-state index contributed by atoms with van der Waals surface area (Å²) in [5.74, 6) is -1.72. The molecule has 0 amide bonds. The van der Waals surface area contributed by atoms with Gasteiger partial charge in [-0.1, -0.05) is 29.3 Å². The summed E-state index contributed by atoms with van der Waals surface area (Å²) in [5, 5.41) is 4.04. The molecule has 0 saturated heterocycles. The molecule has 18 heavy (non-hydrogen) atoms. The maximum absolute atomic E-state index is 13.0. The van der Waals surface area contributed by atoms with E-state index in [2.05, 4.69) is 5.32 Å². The van der Waals surface area contributed by atoms with Crippen molar-refractivity contribution in [3.05, 3.63) is 63.6 Å². The van der Waals surface area contributed by atoms with E-state index < -0.39 is 11.6 Å². The highest BCUT2D eigenvalue weighted by molar-refractivity contribution is 6.36. The van der Waals surface area contributed by atoms with E-state index in [0.717, 1.165) is 12.1 Å². The molecule has 0 aliphatic carbocycles. The fourth-order valence-corrected chi connectivity index (χ4v) is 1.96. The van der Waals surface area contributed by atoms with Gasteiger partial charge in [0.15, 0.2) is 11.6 Å². The minimum atomic E-state index is -0.864. The van der Waals surface area contributed by atoms with Gasteiger partial charge < -0.3 is 5.32 Å². The molecule has 0 heterocycles. The molecule has 0 aromatic heterocycles. The summed E-state index contributed by atoms with van der Waals surface area (Å²) < 4.78 is 25.7. The van der Waals surface area contributed by atoms with Crippen molar-refractivity contribution >= 4 is 28.9 Å². The molecule has 2 rings (SSSR count). The Labute approximate surface area is 113 Å². The van der Waals surface area contributed by atoms with Gasteiger partial charge in [0, 0.05) is 11.6 Å². The number of anilines is 1. The number of benzene rings is 2. The second-order valence-electron chi connectivity index (χ2n) is 3.73. The van der Waals surface area contributed by atoms with Gasteiger partial charge in [0.05, 0.1) is 10.7 Å². The number of hydrogen-bond donors (Lipinski definition) is 1. The fraction of sp³-hybridized carbons (Fsp3) is 0.0769. The largest absolute Gasteiger partial charge is 0.380 e. The third-order valence-corrected chi connectivity index (χ3v) is 2.95. The monoisotopic (exact) mass is 287 g/mol. The zero-order valence-corrected chi connectivity index (χ0v) is 10.7. The lowest BCUT2D eigenvalue weighted by molar-refractivity contribution is 0.507. The number of nitrogens with one attached hydrogen (secondary N) is 1. The predicted octanol–water partition coefficient (Wildman–Crippen LogP) is 4.88. The minimum absolute atomic E-state index is 0.346. The highest BCUT2D eigenvalue weighted by Crippen LogP contribution is 2.25. The molecule has 2 aromatic carbocycles. The molecule has 0 spiro atoms. The average molecular weight is 288 g/mol. The molecule has 2 aromatic rings. The van der Waals surface area contributed by atoms with Crippen LogP contribution in [0.25, 0.3) is 0 Å². The number of hydrogen-bond acceptors (Lipinski definition) is 1. The van der Waals surface area contributed by atoms with Crippen molar-refractivity contribution in [2.75, 3.05) is 5.32 Å². The van der Waals surface area contributed by atoms with E-state index in [0.29, 0.717) is 27.8 Å². The van der Waals surface area contributed by atoms with Crippen molar-refractivity contribution < 1.29 is 8.78 Å². The van der Waals surface area contributed by atoms with Crippen molar-refractivity contribution in [2.24, 2.45) is 0 Å². The van der Waals surface area contributed by atoms with Crippen LogP contribution in [0.1, 0.15) is 5.56 Å². The first-order valence-corrected chi connectivity index (χ1v) is 5.95. The molecule has 0 unspecified atom stereocenters. The van der Waals surface area contributed by atoms with Crippen molar-refractivity contribution in [3.63, 3.8) is 0 Å². The molecule has 1 N–H and O–H groups in total. The quantitative estimate of drug-likeness (QED) is 0.848. The van der Waals surface area contributed by atoms with Gasteiger partial charge in [-0.25, -0.2) is 8.78 Å². The van der Waals surface area contributed by atoms with Gasteiger partial charge in [-0.05, 0) is 35.9 Å². The van der Waals surface area contributed by atoms with Gasteiger partial charge in [0.1, 0.15) is 0 Å². The molecule has 94 valence electrons. The van der Waals surface area contributed by atoms with Crippen LogP contribution in [0.15, 0.2) is 36.4 Å². The standard InChI is InChI=1S/C13H9Cl2F2N/c14-9-2-4-13(10(15)6-9)18-7-8-1-3-11(16)12(17)5-8/h1-6,18H,7H2. The zero-order chi connectivity index (χ0) is 13.1. The van der Waals surface area contributed by atoms with Crippen LogP contribution in [-0.4, -0.2) is 0 Å². The summed E-state index contributed by atoms with van der Waals surface area (Å²) in [6.45, 7) is 0.346. The van der Waals surface area contributed by atoms with Crippen LogP contribution in [0.5, 0.6) is 0 Å². The topological polar surface area (TPSA) is 12.0 Å². The maximum Gasteiger partial charge on any atom is 0.159 e. The Balaban J connectivity index is 2.09. The van der Waals surface area contributed by atoms with Crippen molar-refractivity contribution in [1.29, 1.82) is 0 Å². The van der Waals surface area contributed by atoms with Gasteiger partial charge in [-0.3, -0.25) is 0 Å². The Morgan fingerprint density at radius 1 is 0.944 bits per heavy atom. The molecular formula is C13H9Cl2F2N. The minimum Gasteiger partial charge on any atom is -0.380 e.